The summed E-state index contributed by atoms with van der Waals surface area (Å²) in [6, 6.07) is 7.78. The minimum Gasteiger partial charge on any atom is -0.339 e. The van der Waals surface area contributed by atoms with Crippen LogP contribution < -0.4 is 5.32 Å². The van der Waals surface area contributed by atoms with Crippen molar-refractivity contribution in [1.29, 1.82) is 0 Å². The highest BCUT2D eigenvalue weighted by Gasteiger charge is 2.42. The van der Waals surface area contributed by atoms with Gasteiger partial charge in [0.15, 0.2) is 5.78 Å². The molecule has 1 fully saturated rings. The molecule has 0 heterocycles. The number of carbonyl (C=O) groups is 2. The van der Waals surface area contributed by atoms with Gasteiger partial charge in [0, 0.05) is 6.42 Å². The van der Waals surface area contributed by atoms with Gasteiger partial charge >= 0.3 is 0 Å². The van der Waals surface area contributed by atoms with Gasteiger partial charge in [0.2, 0.25) is 5.91 Å². The maximum atomic E-state index is 12.4. The van der Waals surface area contributed by atoms with Crippen molar-refractivity contribution in [3.05, 3.63) is 35.4 Å². The number of ketones is 1. The predicted molar refractivity (Wildman–Crippen MR) is 75.2 cm³/mol. The molecular weight excluding hydrogens is 262 g/mol. The molecule has 102 valence electrons. The first-order valence-corrected chi connectivity index (χ1v) is 7.09. The van der Waals surface area contributed by atoms with Gasteiger partial charge in [0.05, 0.1) is 0 Å². The molecule has 1 atom stereocenters. The molecule has 1 unspecified atom stereocenters. The monoisotopic (exact) mass is 279 g/mol. The smallest absolute Gasteiger partial charge is 0.235 e. The summed E-state index contributed by atoms with van der Waals surface area (Å²) in [5.41, 5.74) is 1.12. The second kappa shape index (κ2) is 5.74. The number of alkyl halides is 1. The van der Waals surface area contributed by atoms with Gasteiger partial charge < -0.3 is 5.32 Å². The average molecular weight is 280 g/mol. The van der Waals surface area contributed by atoms with Crippen LogP contribution in [-0.2, 0) is 15.1 Å². The highest BCUT2D eigenvalue weighted by atomic mass is 35.5. The molecule has 1 aliphatic rings. The Kier molecular flexibility index (Phi) is 4.25. The number of aryl methyl sites for hydroxylation is 1. The van der Waals surface area contributed by atoms with Crippen LogP contribution in [0.4, 0.5) is 0 Å². The maximum absolute atomic E-state index is 12.4. The van der Waals surface area contributed by atoms with Crippen molar-refractivity contribution in [2.24, 2.45) is 0 Å². The van der Waals surface area contributed by atoms with Crippen molar-refractivity contribution < 1.29 is 9.59 Å². The van der Waals surface area contributed by atoms with E-state index in [9.17, 15) is 9.59 Å². The van der Waals surface area contributed by atoms with Gasteiger partial charge in [-0.2, -0.15) is 0 Å². The fourth-order valence-corrected chi connectivity index (χ4v) is 2.71. The number of rotatable bonds is 3. The van der Waals surface area contributed by atoms with E-state index in [0.29, 0.717) is 12.8 Å². The van der Waals surface area contributed by atoms with E-state index in [1.165, 1.54) is 0 Å². The third-order valence-corrected chi connectivity index (χ3v) is 3.94. The fourth-order valence-electron chi connectivity index (χ4n) is 2.65. The summed E-state index contributed by atoms with van der Waals surface area (Å²) in [6.07, 6.45) is 2.99. The minimum absolute atomic E-state index is 0.0843. The maximum Gasteiger partial charge on any atom is 0.235 e. The molecule has 0 spiro atoms. The Morgan fingerprint density at radius 3 is 2.58 bits per heavy atom. The van der Waals surface area contributed by atoms with Crippen LogP contribution in [0.2, 0.25) is 0 Å². The second-order valence-corrected chi connectivity index (χ2v) is 5.35. The predicted octanol–water partition coefficient (Wildman–Crippen LogP) is 2.69. The molecule has 1 N–H and O–H groups in total. The van der Waals surface area contributed by atoms with Crippen LogP contribution >= 0.6 is 11.6 Å². The molecule has 1 aliphatic carbocycles. The Morgan fingerprint density at radius 2 is 2.00 bits per heavy atom. The van der Waals surface area contributed by atoms with Crippen LogP contribution in [0, 0.1) is 6.92 Å². The van der Waals surface area contributed by atoms with Gasteiger partial charge in [-0.15, -0.1) is 11.6 Å². The van der Waals surface area contributed by atoms with E-state index in [-0.39, 0.29) is 17.6 Å². The van der Waals surface area contributed by atoms with Gasteiger partial charge in [-0.3, -0.25) is 9.59 Å². The lowest BCUT2D eigenvalue weighted by molar-refractivity contribution is -0.133. The van der Waals surface area contributed by atoms with E-state index in [2.05, 4.69) is 5.32 Å². The van der Waals surface area contributed by atoms with Crippen molar-refractivity contribution >= 4 is 23.3 Å². The van der Waals surface area contributed by atoms with E-state index in [1.54, 1.807) is 0 Å². The number of halogens is 1. The quantitative estimate of drug-likeness (QED) is 0.865. The fraction of sp³-hybridized carbons (Fsp3) is 0.467. The topological polar surface area (TPSA) is 46.2 Å². The number of amides is 1. The number of benzene rings is 1. The standard InChI is InChI=1S/C15H18ClNO2/c1-11-5-7-12(8-6-11)15(17-14(19)10-16)9-3-2-4-13(15)18/h5-8H,2-4,9-10H2,1H3,(H,17,19). The van der Waals surface area contributed by atoms with E-state index in [4.69, 9.17) is 11.6 Å². The first-order valence-electron chi connectivity index (χ1n) is 6.56. The molecule has 0 radical (unpaired) electrons. The van der Waals surface area contributed by atoms with Gasteiger partial charge in [-0.05, 0) is 31.7 Å². The number of nitrogens with one attached hydrogen (secondary N) is 1. The van der Waals surface area contributed by atoms with E-state index in [0.717, 1.165) is 24.0 Å². The zero-order valence-electron chi connectivity index (χ0n) is 11.0. The molecule has 0 aromatic heterocycles. The lowest BCUT2D eigenvalue weighted by Gasteiger charge is -2.37. The number of carbonyl (C=O) groups excluding carboxylic acids is 2. The van der Waals surface area contributed by atoms with Gasteiger partial charge in [0.25, 0.3) is 0 Å². The molecule has 4 heteroatoms. The molecule has 2 rings (SSSR count). The summed E-state index contributed by atoms with van der Waals surface area (Å²) in [4.78, 5) is 24.1. The lowest BCUT2D eigenvalue weighted by Crippen LogP contribution is -2.53. The van der Waals surface area contributed by atoms with Crippen molar-refractivity contribution in [3.63, 3.8) is 0 Å². The molecule has 3 nitrogen and oxygen atoms in total. The highest BCUT2D eigenvalue weighted by Crippen LogP contribution is 2.34. The molecule has 0 bridgehead atoms. The SMILES string of the molecule is Cc1ccc(C2(NC(=O)CCl)CCCCC2=O)cc1. The van der Waals surface area contributed by atoms with E-state index >= 15 is 0 Å². The van der Waals surface area contributed by atoms with Crippen molar-refractivity contribution in [2.45, 2.75) is 38.1 Å². The molecule has 1 amide bonds. The van der Waals surface area contributed by atoms with Crippen molar-refractivity contribution in [2.75, 3.05) is 5.88 Å². The van der Waals surface area contributed by atoms with Crippen molar-refractivity contribution in [3.8, 4) is 0 Å². The molecule has 19 heavy (non-hydrogen) atoms. The molecule has 0 aliphatic heterocycles. The summed E-state index contributed by atoms with van der Waals surface area (Å²) in [7, 11) is 0. The molecule has 1 aromatic rings. The molecular formula is C15H18ClNO2. The van der Waals surface area contributed by atoms with E-state index in [1.807, 2.05) is 31.2 Å². The van der Waals surface area contributed by atoms with Crippen LogP contribution in [0.25, 0.3) is 0 Å². The number of Topliss-reactive ketones (excluding diaryl/α,β-unsaturated/α-hetero) is 1. The summed E-state index contributed by atoms with van der Waals surface area (Å²) >= 11 is 5.57. The van der Waals surface area contributed by atoms with Crippen molar-refractivity contribution in [1.82, 2.24) is 5.32 Å². The molecule has 1 saturated carbocycles. The largest absolute Gasteiger partial charge is 0.339 e. The van der Waals surface area contributed by atoms with Gasteiger partial charge in [-0.25, -0.2) is 0 Å². The number of hydrogen-bond acceptors (Lipinski definition) is 2. The first kappa shape index (κ1) is 14.1. The zero-order valence-corrected chi connectivity index (χ0v) is 11.8. The summed E-state index contributed by atoms with van der Waals surface area (Å²) in [5.74, 6) is -0.334. The Morgan fingerprint density at radius 1 is 1.32 bits per heavy atom. The van der Waals surface area contributed by atoms with Gasteiger partial charge in [-0.1, -0.05) is 29.8 Å². The normalized spacial score (nSPS) is 23.2. The van der Waals surface area contributed by atoms with Crippen LogP contribution in [0.5, 0.6) is 0 Å². The number of hydrogen-bond donors (Lipinski definition) is 1. The third-order valence-electron chi connectivity index (χ3n) is 3.70. The second-order valence-electron chi connectivity index (χ2n) is 5.08. The zero-order chi connectivity index (χ0) is 13.9. The molecule has 1 aromatic carbocycles. The lowest BCUT2D eigenvalue weighted by atomic mass is 9.75. The van der Waals surface area contributed by atoms with Gasteiger partial charge in [0.1, 0.15) is 11.4 Å². The average Bonchev–Trinajstić information content (AvgIpc) is 2.42. The third kappa shape index (κ3) is 2.81. The Hall–Kier alpha value is -1.35. The molecule has 0 saturated heterocycles. The first-order chi connectivity index (χ1) is 9.08. The summed E-state index contributed by atoms with van der Waals surface area (Å²) in [6.45, 7) is 2.00. The van der Waals surface area contributed by atoms with Crippen LogP contribution in [0.3, 0.4) is 0 Å². The van der Waals surface area contributed by atoms with E-state index < -0.39 is 5.54 Å². The Balaban J connectivity index is 2.40. The Labute approximate surface area is 118 Å². The van der Waals surface area contributed by atoms with Crippen LogP contribution in [-0.4, -0.2) is 17.6 Å². The summed E-state index contributed by atoms with van der Waals surface area (Å²) in [5, 5.41) is 2.85. The minimum atomic E-state index is -0.877. The highest BCUT2D eigenvalue weighted by molar-refractivity contribution is 6.27. The Bertz CT molecular complexity index is 483. The van der Waals surface area contributed by atoms with Crippen LogP contribution in [0.1, 0.15) is 36.8 Å². The summed E-state index contributed by atoms with van der Waals surface area (Å²) < 4.78 is 0. The van der Waals surface area contributed by atoms with Crippen LogP contribution in [0.15, 0.2) is 24.3 Å².